The zero-order valence-corrected chi connectivity index (χ0v) is 11.0. The molecule has 5 heteroatoms. The van der Waals surface area contributed by atoms with Crippen LogP contribution in [-0.2, 0) is 4.79 Å². The molecule has 0 aliphatic heterocycles. The van der Waals surface area contributed by atoms with Gasteiger partial charge in [0.2, 0.25) is 0 Å². The topological polar surface area (TPSA) is 62.7 Å². The number of hydrogen-bond donors (Lipinski definition) is 2. The molecule has 98 valence electrons. The lowest BCUT2D eigenvalue weighted by molar-refractivity contribution is -0.119. The Hall–Kier alpha value is -2.04. The number of anilines is 1. The molecule has 1 rings (SSSR count). The zero-order chi connectivity index (χ0) is 13.4. The average Bonchev–Trinajstić information content (AvgIpc) is 2.36. The van der Waals surface area contributed by atoms with E-state index >= 15 is 0 Å². The van der Waals surface area contributed by atoms with Crippen LogP contribution < -0.4 is 15.5 Å². The Morgan fingerprint density at radius 2 is 1.94 bits per heavy atom. The van der Waals surface area contributed by atoms with Crippen molar-refractivity contribution in [1.82, 2.24) is 5.43 Å². The molecule has 0 saturated carbocycles. The first-order chi connectivity index (χ1) is 8.61. The molecular formula is C13H19N3O2. The zero-order valence-electron chi connectivity index (χ0n) is 11.0. The Balaban J connectivity index is 2.39. The van der Waals surface area contributed by atoms with E-state index < -0.39 is 0 Å². The number of amides is 1. The first-order valence-corrected chi connectivity index (χ1v) is 5.88. The Labute approximate surface area is 107 Å². The van der Waals surface area contributed by atoms with Gasteiger partial charge in [-0.1, -0.05) is 0 Å². The number of nitrogens with zero attached hydrogens (tertiary/aromatic N) is 1. The van der Waals surface area contributed by atoms with Crippen LogP contribution in [0.5, 0.6) is 5.75 Å². The number of nitrogens with one attached hydrogen (secondary N) is 2. The molecule has 18 heavy (non-hydrogen) atoms. The summed E-state index contributed by atoms with van der Waals surface area (Å²) in [6, 6.07) is 7.45. The van der Waals surface area contributed by atoms with E-state index in [0.29, 0.717) is 6.61 Å². The lowest BCUT2D eigenvalue weighted by Crippen LogP contribution is -2.26. The number of ether oxygens (including phenoxy) is 1. The molecule has 1 aromatic carbocycles. The summed E-state index contributed by atoms with van der Waals surface area (Å²) in [7, 11) is 0. The summed E-state index contributed by atoms with van der Waals surface area (Å²) in [5, 5.41) is 6.83. The van der Waals surface area contributed by atoms with Crippen molar-refractivity contribution in [2.45, 2.75) is 20.8 Å². The molecule has 0 atom stereocenters. The fraction of sp³-hybridized carbons (Fsp3) is 0.385. The molecule has 1 aromatic rings. The Morgan fingerprint density at radius 1 is 1.28 bits per heavy atom. The fourth-order valence-electron chi connectivity index (χ4n) is 1.23. The van der Waals surface area contributed by atoms with Crippen LogP contribution >= 0.6 is 0 Å². The van der Waals surface area contributed by atoms with Crippen molar-refractivity contribution in [3.05, 3.63) is 24.3 Å². The SMILES string of the molecule is CCOc1ccc(NCC(=O)NN=C(C)C)cc1. The van der Waals surface area contributed by atoms with Gasteiger partial charge in [0.25, 0.3) is 5.91 Å². The molecule has 0 aliphatic rings. The maximum absolute atomic E-state index is 11.4. The molecule has 5 nitrogen and oxygen atoms in total. The second-order valence-electron chi connectivity index (χ2n) is 3.90. The van der Waals surface area contributed by atoms with Crippen molar-refractivity contribution in [2.24, 2.45) is 5.10 Å². The van der Waals surface area contributed by atoms with E-state index in [1.165, 1.54) is 0 Å². The molecule has 0 aromatic heterocycles. The highest BCUT2D eigenvalue weighted by molar-refractivity contribution is 5.84. The molecule has 0 aliphatic carbocycles. The second-order valence-corrected chi connectivity index (χ2v) is 3.90. The molecular weight excluding hydrogens is 230 g/mol. The first kappa shape index (κ1) is 14.0. The van der Waals surface area contributed by atoms with Crippen LogP contribution in [0.25, 0.3) is 0 Å². The summed E-state index contributed by atoms with van der Waals surface area (Å²) < 4.78 is 5.33. The van der Waals surface area contributed by atoms with Crippen molar-refractivity contribution in [1.29, 1.82) is 0 Å². The minimum atomic E-state index is -0.176. The quantitative estimate of drug-likeness (QED) is 0.599. The maximum Gasteiger partial charge on any atom is 0.259 e. The van der Waals surface area contributed by atoms with Crippen LogP contribution in [0.4, 0.5) is 5.69 Å². The predicted molar refractivity (Wildman–Crippen MR) is 73.0 cm³/mol. The molecule has 0 fully saturated rings. The molecule has 1 amide bonds. The van der Waals surface area contributed by atoms with Crippen molar-refractivity contribution in [2.75, 3.05) is 18.5 Å². The maximum atomic E-state index is 11.4. The first-order valence-electron chi connectivity index (χ1n) is 5.88. The van der Waals surface area contributed by atoms with Gasteiger partial charge < -0.3 is 10.1 Å². The summed E-state index contributed by atoms with van der Waals surface area (Å²) in [4.78, 5) is 11.4. The van der Waals surface area contributed by atoms with Crippen molar-refractivity contribution >= 4 is 17.3 Å². The minimum absolute atomic E-state index is 0.176. The monoisotopic (exact) mass is 249 g/mol. The van der Waals surface area contributed by atoms with E-state index in [1.807, 2.05) is 45.0 Å². The molecule has 0 bridgehead atoms. The smallest absolute Gasteiger partial charge is 0.259 e. The number of carbonyl (C=O) groups is 1. The third-order valence-corrected chi connectivity index (χ3v) is 2.02. The number of hydrogen-bond acceptors (Lipinski definition) is 4. The summed E-state index contributed by atoms with van der Waals surface area (Å²) in [5.74, 6) is 0.642. The Morgan fingerprint density at radius 3 is 2.50 bits per heavy atom. The van der Waals surface area contributed by atoms with Gasteiger partial charge in [-0.2, -0.15) is 5.10 Å². The Bertz CT molecular complexity index is 409. The number of hydrazone groups is 1. The van der Waals surface area contributed by atoms with Gasteiger partial charge in [-0.15, -0.1) is 0 Å². The molecule has 0 radical (unpaired) electrons. The van der Waals surface area contributed by atoms with Gasteiger partial charge in [-0.05, 0) is 45.0 Å². The van der Waals surface area contributed by atoms with E-state index in [0.717, 1.165) is 17.1 Å². The van der Waals surface area contributed by atoms with Gasteiger partial charge in [0.05, 0.1) is 13.2 Å². The van der Waals surface area contributed by atoms with Crippen LogP contribution in [0.1, 0.15) is 20.8 Å². The summed E-state index contributed by atoms with van der Waals surface area (Å²) in [6.45, 7) is 6.40. The van der Waals surface area contributed by atoms with Crippen LogP contribution in [-0.4, -0.2) is 24.8 Å². The van der Waals surface area contributed by atoms with E-state index in [-0.39, 0.29) is 12.5 Å². The predicted octanol–water partition coefficient (Wildman–Crippen LogP) is 2.01. The van der Waals surface area contributed by atoms with Gasteiger partial charge in [0.1, 0.15) is 5.75 Å². The van der Waals surface area contributed by atoms with E-state index in [1.54, 1.807) is 0 Å². The largest absolute Gasteiger partial charge is 0.494 e. The average molecular weight is 249 g/mol. The molecule has 2 N–H and O–H groups in total. The highest BCUT2D eigenvalue weighted by Crippen LogP contribution is 2.15. The van der Waals surface area contributed by atoms with Gasteiger partial charge in [-0.25, -0.2) is 5.43 Å². The van der Waals surface area contributed by atoms with Crippen molar-refractivity contribution in [3.8, 4) is 5.75 Å². The lowest BCUT2D eigenvalue weighted by atomic mass is 10.3. The van der Waals surface area contributed by atoms with Gasteiger partial charge >= 0.3 is 0 Å². The molecule has 0 heterocycles. The number of rotatable bonds is 6. The third kappa shape index (κ3) is 5.34. The minimum Gasteiger partial charge on any atom is -0.494 e. The normalized spacial score (nSPS) is 9.50. The van der Waals surface area contributed by atoms with E-state index in [2.05, 4.69) is 15.8 Å². The van der Waals surface area contributed by atoms with Crippen LogP contribution in [0.3, 0.4) is 0 Å². The number of carbonyl (C=O) groups excluding carboxylic acids is 1. The molecule has 0 unspecified atom stereocenters. The van der Waals surface area contributed by atoms with Crippen LogP contribution in [0.15, 0.2) is 29.4 Å². The molecule has 0 spiro atoms. The van der Waals surface area contributed by atoms with Gasteiger partial charge in [-0.3, -0.25) is 4.79 Å². The summed E-state index contributed by atoms with van der Waals surface area (Å²) >= 11 is 0. The second kappa shape index (κ2) is 7.32. The molecule has 0 saturated heterocycles. The van der Waals surface area contributed by atoms with Crippen molar-refractivity contribution in [3.63, 3.8) is 0 Å². The van der Waals surface area contributed by atoms with Crippen molar-refractivity contribution < 1.29 is 9.53 Å². The third-order valence-electron chi connectivity index (χ3n) is 2.02. The number of benzene rings is 1. The highest BCUT2D eigenvalue weighted by Gasteiger charge is 2.00. The summed E-state index contributed by atoms with van der Waals surface area (Å²) in [5.41, 5.74) is 4.12. The lowest BCUT2D eigenvalue weighted by Gasteiger charge is -2.07. The van der Waals surface area contributed by atoms with Gasteiger partial charge in [0, 0.05) is 11.4 Å². The van der Waals surface area contributed by atoms with Crippen LogP contribution in [0, 0.1) is 0 Å². The Kier molecular flexibility index (Phi) is 5.70. The standard InChI is InChI=1S/C13H19N3O2/c1-4-18-12-7-5-11(6-8-12)14-9-13(17)16-15-10(2)3/h5-8,14H,4,9H2,1-3H3,(H,16,17). The summed E-state index contributed by atoms with van der Waals surface area (Å²) in [6.07, 6.45) is 0. The van der Waals surface area contributed by atoms with Crippen LogP contribution in [0.2, 0.25) is 0 Å². The fourth-order valence-corrected chi connectivity index (χ4v) is 1.23. The van der Waals surface area contributed by atoms with E-state index in [4.69, 9.17) is 4.74 Å². The van der Waals surface area contributed by atoms with E-state index in [9.17, 15) is 4.79 Å². The highest BCUT2D eigenvalue weighted by atomic mass is 16.5. The van der Waals surface area contributed by atoms with Gasteiger partial charge in [0.15, 0.2) is 0 Å².